The van der Waals surface area contributed by atoms with Crippen LogP contribution in [0.5, 0.6) is 5.75 Å². The van der Waals surface area contributed by atoms with Gasteiger partial charge in [-0.25, -0.2) is 0 Å². The number of rotatable bonds is 2. The van der Waals surface area contributed by atoms with Crippen molar-refractivity contribution >= 4 is 10.9 Å². The normalized spacial score (nSPS) is 17.7. The molecule has 1 atom stereocenters. The number of aryl methyl sites for hydroxylation is 1. The van der Waals surface area contributed by atoms with E-state index in [1.165, 1.54) is 47.0 Å². The van der Waals surface area contributed by atoms with Gasteiger partial charge in [0.1, 0.15) is 5.75 Å². The number of fused-ring (bicyclic) bond motifs is 3. The fourth-order valence-electron chi connectivity index (χ4n) is 3.61. The highest BCUT2D eigenvalue weighted by Crippen LogP contribution is 2.40. The van der Waals surface area contributed by atoms with Gasteiger partial charge in [-0.15, -0.1) is 0 Å². The maximum Gasteiger partial charge on any atom is 0.119 e. The molecule has 0 fully saturated rings. The van der Waals surface area contributed by atoms with Crippen molar-refractivity contribution in [3.05, 3.63) is 65.4 Å². The van der Waals surface area contributed by atoms with Gasteiger partial charge in [-0.3, -0.25) is 0 Å². The first-order chi connectivity index (χ1) is 10.4. The molecule has 2 nitrogen and oxygen atoms in total. The molecule has 1 aliphatic carbocycles. The lowest BCUT2D eigenvalue weighted by atomic mass is 9.82. The predicted molar refractivity (Wildman–Crippen MR) is 86.1 cm³/mol. The Labute approximate surface area is 124 Å². The number of methoxy groups -OCH3 is 1. The molecule has 0 spiro atoms. The molecule has 2 heteroatoms. The van der Waals surface area contributed by atoms with Crippen LogP contribution in [0.2, 0.25) is 0 Å². The van der Waals surface area contributed by atoms with E-state index < -0.39 is 0 Å². The van der Waals surface area contributed by atoms with Gasteiger partial charge in [0.25, 0.3) is 0 Å². The zero-order chi connectivity index (χ0) is 14.2. The van der Waals surface area contributed by atoms with Crippen molar-refractivity contribution < 1.29 is 4.74 Å². The van der Waals surface area contributed by atoms with Crippen LogP contribution in [-0.2, 0) is 6.42 Å². The summed E-state index contributed by atoms with van der Waals surface area (Å²) >= 11 is 0. The van der Waals surface area contributed by atoms with Crippen molar-refractivity contribution in [2.45, 2.75) is 25.2 Å². The van der Waals surface area contributed by atoms with Crippen molar-refractivity contribution in [2.24, 2.45) is 0 Å². The molecule has 21 heavy (non-hydrogen) atoms. The number of H-pyrrole nitrogens is 1. The van der Waals surface area contributed by atoms with Crippen LogP contribution in [0.1, 0.15) is 35.6 Å². The van der Waals surface area contributed by atoms with Crippen LogP contribution < -0.4 is 4.74 Å². The highest BCUT2D eigenvalue weighted by atomic mass is 16.5. The summed E-state index contributed by atoms with van der Waals surface area (Å²) in [6, 6.07) is 17.1. The third kappa shape index (κ3) is 2.02. The SMILES string of the molecule is COc1cccc(C2CCCc3c2[nH]c2ccccc32)c1. The Hall–Kier alpha value is -2.22. The Balaban J connectivity index is 1.86. The summed E-state index contributed by atoms with van der Waals surface area (Å²) in [6.07, 6.45) is 3.63. The van der Waals surface area contributed by atoms with E-state index in [1.807, 2.05) is 6.07 Å². The second kappa shape index (κ2) is 4.96. The summed E-state index contributed by atoms with van der Waals surface area (Å²) in [7, 11) is 1.73. The van der Waals surface area contributed by atoms with Crippen molar-refractivity contribution in [3.63, 3.8) is 0 Å². The van der Waals surface area contributed by atoms with Gasteiger partial charge in [0, 0.05) is 22.5 Å². The number of aromatic nitrogens is 1. The molecule has 0 saturated carbocycles. The average Bonchev–Trinajstić information content (AvgIpc) is 2.93. The first-order valence-electron chi connectivity index (χ1n) is 7.60. The average molecular weight is 277 g/mol. The van der Waals surface area contributed by atoms with Crippen LogP contribution in [0.25, 0.3) is 10.9 Å². The molecule has 0 amide bonds. The lowest BCUT2D eigenvalue weighted by molar-refractivity contribution is 0.413. The van der Waals surface area contributed by atoms with Gasteiger partial charge in [0.05, 0.1) is 7.11 Å². The van der Waals surface area contributed by atoms with E-state index in [0.29, 0.717) is 5.92 Å². The molecule has 1 aromatic heterocycles. The highest BCUT2D eigenvalue weighted by Gasteiger charge is 2.25. The molecule has 0 bridgehead atoms. The first-order valence-corrected chi connectivity index (χ1v) is 7.60. The van der Waals surface area contributed by atoms with Crippen LogP contribution in [-0.4, -0.2) is 12.1 Å². The first kappa shape index (κ1) is 12.5. The maximum absolute atomic E-state index is 5.38. The van der Waals surface area contributed by atoms with E-state index in [4.69, 9.17) is 4.74 Å². The summed E-state index contributed by atoms with van der Waals surface area (Å²) < 4.78 is 5.38. The molecule has 1 aliphatic rings. The number of aromatic amines is 1. The van der Waals surface area contributed by atoms with Crippen molar-refractivity contribution in [1.82, 2.24) is 4.98 Å². The molecule has 1 unspecified atom stereocenters. The van der Waals surface area contributed by atoms with Gasteiger partial charge in [-0.2, -0.15) is 0 Å². The summed E-state index contributed by atoms with van der Waals surface area (Å²) in [4.78, 5) is 3.66. The minimum atomic E-state index is 0.455. The maximum atomic E-state index is 5.38. The Morgan fingerprint density at radius 1 is 1.10 bits per heavy atom. The van der Waals surface area contributed by atoms with E-state index in [1.54, 1.807) is 7.11 Å². The standard InChI is InChI=1S/C19H19NO/c1-21-14-7-4-6-13(12-14)15-9-5-10-17-16-8-2-3-11-18(16)20-19(15)17/h2-4,6-8,11-12,15,20H,5,9-10H2,1H3. The fourth-order valence-corrected chi connectivity index (χ4v) is 3.61. The van der Waals surface area contributed by atoms with E-state index in [9.17, 15) is 0 Å². The van der Waals surface area contributed by atoms with Crippen molar-refractivity contribution in [2.75, 3.05) is 7.11 Å². The Bertz CT molecular complexity index is 787. The van der Waals surface area contributed by atoms with Crippen LogP contribution >= 0.6 is 0 Å². The summed E-state index contributed by atoms with van der Waals surface area (Å²) in [5.74, 6) is 1.40. The summed E-state index contributed by atoms with van der Waals surface area (Å²) in [5, 5.41) is 1.39. The van der Waals surface area contributed by atoms with E-state index in [-0.39, 0.29) is 0 Å². The molecule has 0 radical (unpaired) electrons. The van der Waals surface area contributed by atoms with E-state index >= 15 is 0 Å². The summed E-state index contributed by atoms with van der Waals surface area (Å²) in [5.41, 5.74) is 5.51. The largest absolute Gasteiger partial charge is 0.497 e. The Kier molecular flexibility index (Phi) is 2.95. The van der Waals surface area contributed by atoms with Gasteiger partial charge in [0.15, 0.2) is 0 Å². The van der Waals surface area contributed by atoms with Gasteiger partial charge < -0.3 is 9.72 Å². The lowest BCUT2D eigenvalue weighted by Crippen LogP contribution is -2.10. The van der Waals surface area contributed by atoms with Gasteiger partial charge in [-0.05, 0) is 48.6 Å². The van der Waals surface area contributed by atoms with Gasteiger partial charge >= 0.3 is 0 Å². The van der Waals surface area contributed by atoms with E-state index in [0.717, 1.165) is 5.75 Å². The molecule has 0 saturated heterocycles. The molecular formula is C19H19NO. The number of benzene rings is 2. The zero-order valence-corrected chi connectivity index (χ0v) is 12.2. The molecule has 3 aromatic rings. The Morgan fingerprint density at radius 3 is 2.90 bits per heavy atom. The molecule has 1 heterocycles. The Morgan fingerprint density at radius 2 is 2.00 bits per heavy atom. The van der Waals surface area contributed by atoms with Crippen LogP contribution in [0.3, 0.4) is 0 Å². The van der Waals surface area contributed by atoms with Gasteiger partial charge in [-0.1, -0.05) is 30.3 Å². The van der Waals surface area contributed by atoms with Crippen LogP contribution in [0.15, 0.2) is 48.5 Å². The lowest BCUT2D eigenvalue weighted by Gasteiger charge is -2.23. The zero-order valence-electron chi connectivity index (χ0n) is 12.2. The van der Waals surface area contributed by atoms with Crippen molar-refractivity contribution in [3.8, 4) is 5.75 Å². The number of ether oxygens (including phenoxy) is 1. The summed E-state index contributed by atoms with van der Waals surface area (Å²) in [6.45, 7) is 0. The molecule has 106 valence electrons. The molecule has 1 N–H and O–H groups in total. The minimum Gasteiger partial charge on any atom is -0.497 e. The van der Waals surface area contributed by atoms with Crippen LogP contribution in [0, 0.1) is 0 Å². The minimum absolute atomic E-state index is 0.455. The third-order valence-electron chi connectivity index (χ3n) is 4.61. The van der Waals surface area contributed by atoms with Crippen LogP contribution in [0.4, 0.5) is 0 Å². The van der Waals surface area contributed by atoms with Crippen molar-refractivity contribution in [1.29, 1.82) is 0 Å². The molecule has 4 rings (SSSR count). The highest BCUT2D eigenvalue weighted by molar-refractivity contribution is 5.85. The van der Waals surface area contributed by atoms with E-state index in [2.05, 4.69) is 47.4 Å². The topological polar surface area (TPSA) is 25.0 Å². The predicted octanol–water partition coefficient (Wildman–Crippen LogP) is 4.64. The monoisotopic (exact) mass is 277 g/mol. The quantitative estimate of drug-likeness (QED) is 0.725. The molecule has 0 aliphatic heterocycles. The second-order valence-electron chi connectivity index (χ2n) is 5.78. The number of para-hydroxylation sites is 1. The van der Waals surface area contributed by atoms with Gasteiger partial charge in [0.2, 0.25) is 0 Å². The molecular weight excluding hydrogens is 258 g/mol. The molecule has 2 aromatic carbocycles. The fraction of sp³-hybridized carbons (Fsp3) is 0.263. The number of hydrogen-bond acceptors (Lipinski definition) is 1. The second-order valence-corrected chi connectivity index (χ2v) is 5.78. The number of nitrogens with one attached hydrogen (secondary N) is 1. The number of hydrogen-bond donors (Lipinski definition) is 1. The third-order valence-corrected chi connectivity index (χ3v) is 4.61. The smallest absolute Gasteiger partial charge is 0.119 e.